The summed E-state index contributed by atoms with van der Waals surface area (Å²) < 4.78 is 0. The summed E-state index contributed by atoms with van der Waals surface area (Å²) >= 11 is 1.61. The predicted octanol–water partition coefficient (Wildman–Crippen LogP) is 0.245. The van der Waals surface area contributed by atoms with Gasteiger partial charge in [-0.1, -0.05) is 0 Å². The van der Waals surface area contributed by atoms with E-state index in [1.165, 1.54) is 0 Å². The fraction of sp³-hybridized carbons (Fsp3) is 0.444. The fourth-order valence-electron chi connectivity index (χ4n) is 1.03. The summed E-state index contributed by atoms with van der Waals surface area (Å²) in [5, 5.41) is 16.2. The smallest absolute Gasteiger partial charge is 0.247 e. The lowest BCUT2D eigenvalue weighted by Gasteiger charge is -2.14. The molecule has 4 N–H and O–H groups in total. The zero-order valence-corrected chi connectivity index (χ0v) is 8.75. The molecular formula is C9H14N2O2S. The van der Waals surface area contributed by atoms with Crippen LogP contribution in [-0.4, -0.2) is 23.7 Å². The standard InChI is InChI=1S/C9H14N2O2S/c1-6(7-2-3-14-5-7)11-4-8(12)9(10)13/h2-3,5-6,8,11-12H,4H2,1H3,(H2,10,13). The Balaban J connectivity index is 2.35. The summed E-state index contributed by atoms with van der Waals surface area (Å²) in [7, 11) is 0. The molecule has 1 aromatic heterocycles. The van der Waals surface area contributed by atoms with E-state index in [4.69, 9.17) is 10.8 Å². The number of aliphatic hydroxyl groups is 1. The van der Waals surface area contributed by atoms with Gasteiger partial charge in [-0.05, 0) is 29.3 Å². The third-order valence-corrected chi connectivity index (χ3v) is 2.69. The first-order chi connectivity index (χ1) is 6.61. The van der Waals surface area contributed by atoms with E-state index >= 15 is 0 Å². The van der Waals surface area contributed by atoms with Crippen LogP contribution in [0.1, 0.15) is 18.5 Å². The number of carbonyl (C=O) groups is 1. The summed E-state index contributed by atoms with van der Waals surface area (Å²) in [5.74, 6) is -0.699. The van der Waals surface area contributed by atoms with Crippen molar-refractivity contribution in [1.82, 2.24) is 5.32 Å². The van der Waals surface area contributed by atoms with Gasteiger partial charge in [-0.25, -0.2) is 0 Å². The number of aliphatic hydroxyl groups excluding tert-OH is 1. The average Bonchev–Trinajstić information content (AvgIpc) is 2.66. The number of nitrogens with one attached hydrogen (secondary N) is 1. The number of rotatable bonds is 5. The van der Waals surface area contributed by atoms with Gasteiger partial charge < -0.3 is 16.2 Å². The molecule has 1 heterocycles. The molecule has 1 aromatic rings. The van der Waals surface area contributed by atoms with Crippen molar-refractivity contribution in [2.45, 2.75) is 19.1 Å². The molecule has 5 heteroatoms. The molecule has 0 fully saturated rings. The molecule has 0 aliphatic heterocycles. The highest BCUT2D eigenvalue weighted by atomic mass is 32.1. The van der Waals surface area contributed by atoms with Crippen LogP contribution in [0.4, 0.5) is 0 Å². The lowest BCUT2D eigenvalue weighted by Crippen LogP contribution is -2.38. The molecule has 0 saturated carbocycles. The van der Waals surface area contributed by atoms with Crippen LogP contribution in [0.25, 0.3) is 0 Å². The summed E-state index contributed by atoms with van der Waals surface area (Å²) in [4.78, 5) is 10.5. The van der Waals surface area contributed by atoms with E-state index in [1.54, 1.807) is 11.3 Å². The quantitative estimate of drug-likeness (QED) is 0.657. The van der Waals surface area contributed by atoms with Gasteiger partial charge in [0.25, 0.3) is 0 Å². The van der Waals surface area contributed by atoms with E-state index in [9.17, 15) is 4.79 Å². The predicted molar refractivity (Wildman–Crippen MR) is 55.9 cm³/mol. The van der Waals surface area contributed by atoms with Crippen molar-refractivity contribution in [1.29, 1.82) is 0 Å². The molecule has 4 nitrogen and oxygen atoms in total. The molecule has 2 unspecified atom stereocenters. The highest BCUT2D eigenvalue weighted by molar-refractivity contribution is 7.07. The number of nitrogens with two attached hydrogens (primary N) is 1. The van der Waals surface area contributed by atoms with Crippen molar-refractivity contribution < 1.29 is 9.90 Å². The average molecular weight is 214 g/mol. The molecule has 0 saturated heterocycles. The Kier molecular flexibility index (Phi) is 4.06. The number of thiophene rings is 1. The SMILES string of the molecule is CC(NCC(O)C(N)=O)c1ccsc1. The van der Waals surface area contributed by atoms with Gasteiger partial charge in [-0.3, -0.25) is 4.79 Å². The van der Waals surface area contributed by atoms with Gasteiger partial charge in [-0.2, -0.15) is 11.3 Å². The highest BCUT2D eigenvalue weighted by Crippen LogP contribution is 2.15. The number of carbonyl (C=O) groups excluding carboxylic acids is 1. The van der Waals surface area contributed by atoms with E-state index in [0.29, 0.717) is 0 Å². The van der Waals surface area contributed by atoms with E-state index < -0.39 is 12.0 Å². The molecule has 1 rings (SSSR count). The van der Waals surface area contributed by atoms with Gasteiger partial charge in [0.1, 0.15) is 6.10 Å². The molecule has 0 radical (unpaired) electrons. The lowest BCUT2D eigenvalue weighted by atomic mass is 10.2. The van der Waals surface area contributed by atoms with Crippen molar-refractivity contribution in [3.63, 3.8) is 0 Å². The van der Waals surface area contributed by atoms with Crippen molar-refractivity contribution >= 4 is 17.2 Å². The normalized spacial score (nSPS) is 15.0. The number of primary amides is 1. The van der Waals surface area contributed by atoms with Gasteiger partial charge in [0.2, 0.25) is 5.91 Å². The van der Waals surface area contributed by atoms with Crippen molar-refractivity contribution in [2.24, 2.45) is 5.73 Å². The van der Waals surface area contributed by atoms with Gasteiger partial charge in [0, 0.05) is 12.6 Å². The molecule has 2 atom stereocenters. The maximum absolute atomic E-state index is 10.5. The molecule has 0 aliphatic rings. The van der Waals surface area contributed by atoms with Gasteiger partial charge in [0.05, 0.1) is 0 Å². The summed E-state index contributed by atoms with van der Waals surface area (Å²) in [6, 6.07) is 2.12. The molecule has 0 aliphatic carbocycles. The molecule has 1 amide bonds. The Morgan fingerprint density at radius 1 is 1.79 bits per heavy atom. The summed E-state index contributed by atoms with van der Waals surface area (Å²) in [5.41, 5.74) is 6.06. The first-order valence-electron chi connectivity index (χ1n) is 4.34. The first-order valence-corrected chi connectivity index (χ1v) is 5.28. The molecular weight excluding hydrogens is 200 g/mol. The maximum atomic E-state index is 10.5. The van der Waals surface area contributed by atoms with Crippen LogP contribution >= 0.6 is 11.3 Å². The maximum Gasteiger partial charge on any atom is 0.247 e. The Bertz CT molecular complexity index is 287. The van der Waals surface area contributed by atoms with Crippen LogP contribution in [-0.2, 0) is 4.79 Å². The number of hydrogen-bond acceptors (Lipinski definition) is 4. The zero-order valence-electron chi connectivity index (χ0n) is 7.93. The van der Waals surface area contributed by atoms with Gasteiger partial charge in [-0.15, -0.1) is 0 Å². The second-order valence-corrected chi connectivity index (χ2v) is 3.88. The summed E-state index contributed by atoms with van der Waals surface area (Å²) in [6.45, 7) is 2.15. The van der Waals surface area contributed by atoms with E-state index in [1.807, 2.05) is 23.8 Å². The third-order valence-electron chi connectivity index (χ3n) is 1.99. The second kappa shape index (κ2) is 5.09. The minimum Gasteiger partial charge on any atom is -0.382 e. The van der Waals surface area contributed by atoms with Crippen LogP contribution in [0.3, 0.4) is 0 Å². The van der Waals surface area contributed by atoms with Gasteiger partial charge >= 0.3 is 0 Å². The van der Waals surface area contributed by atoms with Crippen molar-refractivity contribution in [3.8, 4) is 0 Å². The van der Waals surface area contributed by atoms with Crippen molar-refractivity contribution in [3.05, 3.63) is 22.4 Å². The minimum atomic E-state index is -1.11. The van der Waals surface area contributed by atoms with E-state index in [0.717, 1.165) is 5.56 Å². The van der Waals surface area contributed by atoms with Crippen LogP contribution in [0.2, 0.25) is 0 Å². The minimum absolute atomic E-state index is 0.121. The van der Waals surface area contributed by atoms with E-state index in [2.05, 4.69) is 5.32 Å². The third kappa shape index (κ3) is 3.10. The van der Waals surface area contributed by atoms with Crippen molar-refractivity contribution in [2.75, 3.05) is 6.54 Å². The van der Waals surface area contributed by atoms with Crippen LogP contribution in [0, 0.1) is 0 Å². The Morgan fingerprint density at radius 2 is 2.50 bits per heavy atom. The monoisotopic (exact) mass is 214 g/mol. The van der Waals surface area contributed by atoms with Gasteiger partial charge in [0.15, 0.2) is 0 Å². The topological polar surface area (TPSA) is 75.3 Å². The fourth-order valence-corrected chi connectivity index (χ4v) is 1.78. The first kappa shape index (κ1) is 11.2. The Morgan fingerprint density at radius 3 is 3.00 bits per heavy atom. The number of hydrogen-bond donors (Lipinski definition) is 3. The van der Waals surface area contributed by atoms with Crippen LogP contribution in [0.5, 0.6) is 0 Å². The highest BCUT2D eigenvalue weighted by Gasteiger charge is 2.12. The molecule has 0 bridgehead atoms. The number of amides is 1. The largest absolute Gasteiger partial charge is 0.382 e. The zero-order chi connectivity index (χ0) is 10.6. The van der Waals surface area contributed by atoms with Crippen LogP contribution < -0.4 is 11.1 Å². The molecule has 0 spiro atoms. The van der Waals surface area contributed by atoms with E-state index in [-0.39, 0.29) is 12.6 Å². The summed E-state index contributed by atoms with van der Waals surface area (Å²) in [6.07, 6.45) is -1.11. The second-order valence-electron chi connectivity index (χ2n) is 3.10. The Hall–Kier alpha value is -0.910. The van der Waals surface area contributed by atoms with Crippen LogP contribution in [0.15, 0.2) is 16.8 Å². The molecule has 0 aromatic carbocycles. The lowest BCUT2D eigenvalue weighted by molar-refractivity contribution is -0.125. The molecule has 78 valence electrons. The molecule has 14 heavy (non-hydrogen) atoms. The Labute approximate surface area is 86.7 Å².